The fourth-order valence-corrected chi connectivity index (χ4v) is 1.87. The summed E-state index contributed by atoms with van der Waals surface area (Å²) in [5, 5.41) is 0. The van der Waals surface area contributed by atoms with Gasteiger partial charge >= 0.3 is 5.97 Å². The van der Waals surface area contributed by atoms with E-state index < -0.39 is 0 Å². The lowest BCUT2D eigenvalue weighted by atomic mass is 10.0. The van der Waals surface area contributed by atoms with Gasteiger partial charge in [-0.05, 0) is 38.5 Å². The molecule has 1 rings (SSSR count). The lowest BCUT2D eigenvalue weighted by Crippen LogP contribution is -2.01. The van der Waals surface area contributed by atoms with Crippen LogP contribution < -0.4 is 0 Å². The van der Waals surface area contributed by atoms with Gasteiger partial charge in [-0.15, -0.1) is 0 Å². The van der Waals surface area contributed by atoms with Gasteiger partial charge in [0, 0.05) is 6.08 Å². The molecular weight excluding hydrogens is 176 g/mol. The van der Waals surface area contributed by atoms with Crippen LogP contribution in [0, 0.1) is 5.92 Å². The van der Waals surface area contributed by atoms with Gasteiger partial charge in [0.15, 0.2) is 0 Å². The fraction of sp³-hybridized carbons (Fsp3) is 0.750. The third-order valence-corrected chi connectivity index (χ3v) is 2.76. The largest absolute Gasteiger partial charge is 0.463 e. The molecule has 1 fully saturated rings. The highest BCUT2D eigenvalue weighted by molar-refractivity contribution is 5.82. The second-order valence-electron chi connectivity index (χ2n) is 4.09. The number of ether oxygens (including phenoxy) is 1. The van der Waals surface area contributed by atoms with Crippen molar-refractivity contribution in [1.29, 1.82) is 0 Å². The van der Waals surface area contributed by atoms with Crippen molar-refractivity contribution < 1.29 is 9.53 Å². The molecule has 80 valence electrons. The zero-order valence-corrected chi connectivity index (χ0v) is 9.21. The van der Waals surface area contributed by atoms with Gasteiger partial charge in [-0.1, -0.05) is 18.9 Å². The molecule has 0 aromatic heterocycles. The number of allylic oxidation sites excluding steroid dienone is 1. The van der Waals surface area contributed by atoms with Crippen LogP contribution in [0.15, 0.2) is 11.6 Å². The van der Waals surface area contributed by atoms with Crippen LogP contribution in [-0.4, -0.2) is 12.6 Å². The third-order valence-electron chi connectivity index (χ3n) is 2.76. The van der Waals surface area contributed by atoms with Gasteiger partial charge in [0.25, 0.3) is 0 Å². The molecule has 0 aromatic rings. The molecule has 0 aliphatic heterocycles. The highest BCUT2D eigenvalue weighted by atomic mass is 16.5. The normalized spacial score (nSPS) is 25.9. The van der Waals surface area contributed by atoms with Crippen LogP contribution in [0.2, 0.25) is 0 Å². The Morgan fingerprint density at radius 3 is 3.00 bits per heavy atom. The molecule has 0 saturated heterocycles. The maximum absolute atomic E-state index is 11.2. The van der Waals surface area contributed by atoms with Crippen molar-refractivity contribution in [3.8, 4) is 0 Å². The minimum Gasteiger partial charge on any atom is -0.463 e. The highest BCUT2D eigenvalue weighted by Crippen LogP contribution is 2.26. The zero-order chi connectivity index (χ0) is 10.4. The van der Waals surface area contributed by atoms with Crippen molar-refractivity contribution >= 4 is 5.97 Å². The Kier molecular flexibility index (Phi) is 4.71. The first-order valence-electron chi connectivity index (χ1n) is 5.58. The van der Waals surface area contributed by atoms with Crippen LogP contribution in [0.5, 0.6) is 0 Å². The molecule has 2 heteroatoms. The quantitative estimate of drug-likeness (QED) is 0.385. The van der Waals surface area contributed by atoms with Crippen molar-refractivity contribution in [3.05, 3.63) is 11.6 Å². The average Bonchev–Trinajstić information content (AvgIpc) is 2.32. The summed E-state index contributed by atoms with van der Waals surface area (Å²) in [6.07, 6.45) is 7.56. The van der Waals surface area contributed by atoms with E-state index in [1.54, 1.807) is 6.08 Å². The molecule has 0 amide bonds. The standard InChI is InChI=1S/C12H20O2/c1-3-14-12(13)9-11-6-4-5-10(2)7-8-11/h9-10H,3-8H2,1-2H3/b11-9-. The topological polar surface area (TPSA) is 26.3 Å². The van der Waals surface area contributed by atoms with Crippen molar-refractivity contribution in [3.63, 3.8) is 0 Å². The minimum atomic E-state index is -0.169. The van der Waals surface area contributed by atoms with Crippen LogP contribution in [0.1, 0.15) is 46.0 Å². The molecule has 0 radical (unpaired) electrons. The first-order valence-corrected chi connectivity index (χ1v) is 5.58. The Bertz CT molecular complexity index is 218. The van der Waals surface area contributed by atoms with Crippen molar-refractivity contribution in [2.45, 2.75) is 46.0 Å². The van der Waals surface area contributed by atoms with Gasteiger partial charge in [-0.25, -0.2) is 4.79 Å². The molecule has 1 atom stereocenters. The second-order valence-corrected chi connectivity index (χ2v) is 4.09. The van der Waals surface area contributed by atoms with E-state index in [1.807, 2.05) is 6.92 Å². The zero-order valence-electron chi connectivity index (χ0n) is 9.21. The number of carbonyl (C=O) groups excluding carboxylic acids is 1. The van der Waals surface area contributed by atoms with Crippen molar-refractivity contribution in [1.82, 2.24) is 0 Å². The maximum atomic E-state index is 11.2. The Hall–Kier alpha value is -0.790. The van der Waals surface area contributed by atoms with Gasteiger partial charge in [-0.3, -0.25) is 0 Å². The van der Waals surface area contributed by atoms with Gasteiger partial charge < -0.3 is 4.74 Å². The summed E-state index contributed by atoms with van der Waals surface area (Å²) in [5.41, 5.74) is 1.27. The highest BCUT2D eigenvalue weighted by Gasteiger charge is 2.11. The number of hydrogen-bond donors (Lipinski definition) is 0. The first kappa shape index (κ1) is 11.3. The maximum Gasteiger partial charge on any atom is 0.330 e. The lowest BCUT2D eigenvalue weighted by molar-refractivity contribution is -0.137. The summed E-state index contributed by atoms with van der Waals surface area (Å²) in [6.45, 7) is 4.60. The summed E-state index contributed by atoms with van der Waals surface area (Å²) in [4.78, 5) is 11.2. The second kappa shape index (κ2) is 5.84. The first-order chi connectivity index (χ1) is 6.72. The SMILES string of the molecule is CCOC(=O)/C=C1/CCCC(C)CC1. The molecular formula is C12H20O2. The molecule has 14 heavy (non-hydrogen) atoms. The smallest absolute Gasteiger partial charge is 0.330 e. The monoisotopic (exact) mass is 196 g/mol. The Morgan fingerprint density at radius 1 is 1.50 bits per heavy atom. The van der Waals surface area contributed by atoms with Crippen LogP contribution in [0.4, 0.5) is 0 Å². The molecule has 1 aliphatic carbocycles. The molecule has 1 aliphatic rings. The van der Waals surface area contributed by atoms with E-state index in [0.717, 1.165) is 18.8 Å². The van der Waals surface area contributed by atoms with Gasteiger partial charge in [0.2, 0.25) is 0 Å². The predicted octanol–water partition coefficient (Wildman–Crippen LogP) is 3.08. The summed E-state index contributed by atoms with van der Waals surface area (Å²) < 4.78 is 4.90. The van der Waals surface area contributed by atoms with E-state index in [2.05, 4.69) is 6.92 Å². The molecule has 1 saturated carbocycles. The molecule has 2 nitrogen and oxygen atoms in total. The van der Waals surface area contributed by atoms with E-state index >= 15 is 0 Å². The number of hydrogen-bond acceptors (Lipinski definition) is 2. The number of carbonyl (C=O) groups is 1. The summed E-state index contributed by atoms with van der Waals surface area (Å²) in [5.74, 6) is 0.639. The van der Waals surface area contributed by atoms with Gasteiger partial charge in [0.1, 0.15) is 0 Å². The summed E-state index contributed by atoms with van der Waals surface area (Å²) in [6, 6.07) is 0. The lowest BCUT2D eigenvalue weighted by Gasteiger charge is -2.04. The van der Waals surface area contributed by atoms with Crippen LogP contribution in [-0.2, 0) is 9.53 Å². The molecule has 0 bridgehead atoms. The van der Waals surface area contributed by atoms with Crippen molar-refractivity contribution in [2.75, 3.05) is 6.61 Å². The Morgan fingerprint density at radius 2 is 2.29 bits per heavy atom. The summed E-state index contributed by atoms with van der Waals surface area (Å²) in [7, 11) is 0. The Labute approximate surface area is 86.3 Å². The van der Waals surface area contributed by atoms with Gasteiger partial charge in [0.05, 0.1) is 6.61 Å². The van der Waals surface area contributed by atoms with E-state index in [0.29, 0.717) is 6.61 Å². The van der Waals surface area contributed by atoms with E-state index in [4.69, 9.17) is 4.74 Å². The average molecular weight is 196 g/mol. The van der Waals surface area contributed by atoms with Crippen molar-refractivity contribution in [2.24, 2.45) is 5.92 Å². The van der Waals surface area contributed by atoms with Gasteiger partial charge in [-0.2, -0.15) is 0 Å². The molecule has 0 spiro atoms. The predicted molar refractivity (Wildman–Crippen MR) is 57.0 cm³/mol. The third kappa shape index (κ3) is 3.95. The summed E-state index contributed by atoms with van der Waals surface area (Å²) >= 11 is 0. The number of rotatable bonds is 2. The van der Waals surface area contributed by atoms with E-state index in [-0.39, 0.29) is 5.97 Å². The Balaban J connectivity index is 2.46. The van der Waals surface area contributed by atoms with Crippen LogP contribution in [0.25, 0.3) is 0 Å². The van der Waals surface area contributed by atoms with Crippen LogP contribution >= 0.6 is 0 Å². The van der Waals surface area contributed by atoms with E-state index in [1.165, 1.54) is 24.8 Å². The molecule has 0 heterocycles. The minimum absolute atomic E-state index is 0.169. The molecule has 0 aromatic carbocycles. The number of esters is 1. The molecule has 1 unspecified atom stereocenters. The van der Waals surface area contributed by atoms with Crippen LogP contribution in [0.3, 0.4) is 0 Å². The fourth-order valence-electron chi connectivity index (χ4n) is 1.87. The van der Waals surface area contributed by atoms with E-state index in [9.17, 15) is 4.79 Å². The molecule has 0 N–H and O–H groups in total.